The van der Waals surface area contributed by atoms with E-state index in [4.69, 9.17) is 9.47 Å². The first-order valence-corrected chi connectivity index (χ1v) is 10.4. The summed E-state index contributed by atoms with van der Waals surface area (Å²) in [4.78, 5) is -0.410. The average Bonchev–Trinajstić information content (AvgIpc) is 2.76. The van der Waals surface area contributed by atoms with Crippen LogP contribution in [0.1, 0.15) is 5.56 Å². The summed E-state index contributed by atoms with van der Waals surface area (Å²) in [6.07, 6.45) is 0. The molecule has 0 heterocycles. The first kappa shape index (κ1) is 25.6. The second-order valence-electron chi connectivity index (χ2n) is 6.36. The first-order chi connectivity index (χ1) is 14.8. The molecule has 0 bridgehead atoms. The zero-order valence-corrected chi connectivity index (χ0v) is 20.8. The van der Waals surface area contributed by atoms with Crippen LogP contribution in [0.4, 0.5) is 22.7 Å². The summed E-state index contributed by atoms with van der Waals surface area (Å²) < 4.78 is 44.0. The van der Waals surface area contributed by atoms with Gasteiger partial charge in [0, 0.05) is 0 Å². The SMILES string of the molecule is COc1ccc(N=Nc2ccc(N=Nc3cc(S(=O)(=O)[O-])ccc3OC)cc2)cc1C.[Na+]. The summed E-state index contributed by atoms with van der Waals surface area (Å²) in [6.45, 7) is 1.93. The molecule has 3 aromatic carbocycles. The van der Waals surface area contributed by atoms with Crippen molar-refractivity contribution in [3.63, 3.8) is 0 Å². The molecular formula is C21H19N4NaO5S. The van der Waals surface area contributed by atoms with Gasteiger partial charge in [0.25, 0.3) is 0 Å². The van der Waals surface area contributed by atoms with Gasteiger partial charge >= 0.3 is 29.6 Å². The van der Waals surface area contributed by atoms with Crippen LogP contribution in [-0.2, 0) is 10.1 Å². The Kier molecular flexibility index (Phi) is 9.05. The van der Waals surface area contributed by atoms with E-state index in [2.05, 4.69) is 20.5 Å². The van der Waals surface area contributed by atoms with Crippen molar-refractivity contribution >= 4 is 32.9 Å². The van der Waals surface area contributed by atoms with Gasteiger partial charge in [0.15, 0.2) is 0 Å². The Labute approximate surface area is 208 Å². The van der Waals surface area contributed by atoms with E-state index < -0.39 is 15.0 Å². The Hall–Kier alpha value is -2.63. The molecule has 0 aliphatic rings. The third kappa shape index (κ3) is 6.68. The van der Waals surface area contributed by atoms with Crippen molar-refractivity contribution in [2.75, 3.05) is 14.2 Å². The van der Waals surface area contributed by atoms with Crippen LogP contribution >= 0.6 is 0 Å². The number of rotatable bonds is 7. The predicted octanol–water partition coefficient (Wildman–Crippen LogP) is 2.75. The largest absolute Gasteiger partial charge is 1.00 e. The minimum absolute atomic E-state index is 0. The number of nitrogens with zero attached hydrogens (tertiary/aromatic N) is 4. The molecule has 32 heavy (non-hydrogen) atoms. The van der Waals surface area contributed by atoms with Gasteiger partial charge in [-0.15, -0.1) is 5.11 Å². The van der Waals surface area contributed by atoms with E-state index in [-0.39, 0.29) is 41.0 Å². The maximum atomic E-state index is 11.2. The molecule has 0 radical (unpaired) electrons. The molecule has 3 rings (SSSR count). The summed E-state index contributed by atoms with van der Waals surface area (Å²) in [7, 11) is -1.59. The van der Waals surface area contributed by atoms with Crippen LogP contribution in [0.15, 0.2) is 86.0 Å². The monoisotopic (exact) mass is 462 g/mol. The van der Waals surface area contributed by atoms with Crippen LogP contribution < -0.4 is 39.0 Å². The number of aryl methyl sites for hydroxylation is 1. The van der Waals surface area contributed by atoms with Gasteiger partial charge in [0.2, 0.25) is 0 Å². The molecule has 0 spiro atoms. The third-order valence-electron chi connectivity index (χ3n) is 4.22. The molecule has 3 aromatic rings. The maximum absolute atomic E-state index is 11.2. The molecule has 0 unspecified atom stereocenters. The minimum atomic E-state index is -4.61. The second kappa shape index (κ2) is 11.3. The van der Waals surface area contributed by atoms with Crippen LogP contribution in [0.25, 0.3) is 0 Å². The van der Waals surface area contributed by atoms with E-state index in [1.165, 1.54) is 13.2 Å². The zero-order valence-electron chi connectivity index (χ0n) is 18.0. The number of benzene rings is 3. The fraction of sp³-hybridized carbons (Fsp3) is 0.143. The van der Waals surface area contributed by atoms with Gasteiger partial charge in [0.05, 0.1) is 36.2 Å². The maximum Gasteiger partial charge on any atom is 1.00 e. The van der Waals surface area contributed by atoms with Gasteiger partial charge in [-0.05, 0) is 73.2 Å². The molecule has 0 saturated carbocycles. The Bertz CT molecular complexity index is 1250. The number of hydrogen-bond donors (Lipinski definition) is 0. The van der Waals surface area contributed by atoms with Gasteiger partial charge in [-0.25, -0.2) is 8.42 Å². The minimum Gasteiger partial charge on any atom is -0.744 e. The molecule has 0 N–H and O–H groups in total. The number of ether oxygens (including phenoxy) is 2. The Morgan fingerprint density at radius 3 is 1.75 bits per heavy atom. The van der Waals surface area contributed by atoms with E-state index >= 15 is 0 Å². The first-order valence-electron chi connectivity index (χ1n) is 9.02. The third-order valence-corrected chi connectivity index (χ3v) is 5.05. The van der Waals surface area contributed by atoms with Crippen LogP contribution in [0.5, 0.6) is 11.5 Å². The fourth-order valence-electron chi connectivity index (χ4n) is 2.64. The van der Waals surface area contributed by atoms with E-state index in [1.807, 2.05) is 25.1 Å². The molecule has 160 valence electrons. The molecule has 0 fully saturated rings. The van der Waals surface area contributed by atoms with Gasteiger partial charge in [-0.1, -0.05) is 0 Å². The van der Waals surface area contributed by atoms with E-state index in [9.17, 15) is 13.0 Å². The van der Waals surface area contributed by atoms with E-state index in [0.717, 1.165) is 23.4 Å². The van der Waals surface area contributed by atoms with Crippen molar-refractivity contribution in [3.8, 4) is 11.5 Å². The number of methoxy groups -OCH3 is 2. The van der Waals surface area contributed by atoms with Gasteiger partial charge in [-0.2, -0.15) is 15.3 Å². The van der Waals surface area contributed by atoms with Crippen LogP contribution in [0, 0.1) is 6.92 Å². The number of hydrogen-bond acceptors (Lipinski definition) is 9. The molecule has 0 amide bonds. The molecule has 0 aromatic heterocycles. The Balaban J connectivity index is 0.00000363. The van der Waals surface area contributed by atoms with Crippen molar-refractivity contribution in [1.29, 1.82) is 0 Å². The quantitative estimate of drug-likeness (QED) is 0.303. The summed E-state index contributed by atoms with van der Waals surface area (Å²) >= 11 is 0. The summed E-state index contributed by atoms with van der Waals surface area (Å²) in [5.41, 5.74) is 2.89. The molecule has 0 aliphatic carbocycles. The van der Waals surface area contributed by atoms with Crippen molar-refractivity contribution in [2.45, 2.75) is 11.8 Å². The standard InChI is InChI=1S/C21H20N4O5S.Na/c1-14-12-17(8-10-20(14)29-2)24-22-15-4-6-16(7-5-15)23-25-19-13-18(31(26,27)28)9-11-21(19)30-3;/h4-13H,1-3H3,(H,26,27,28);/q;+1/p-1. The van der Waals surface area contributed by atoms with Crippen molar-refractivity contribution in [2.24, 2.45) is 20.5 Å². The Morgan fingerprint density at radius 2 is 1.22 bits per heavy atom. The van der Waals surface area contributed by atoms with E-state index in [1.54, 1.807) is 31.4 Å². The van der Waals surface area contributed by atoms with Crippen molar-refractivity contribution < 1.29 is 52.0 Å². The number of azo groups is 2. The van der Waals surface area contributed by atoms with Gasteiger partial charge in [0.1, 0.15) is 27.3 Å². The predicted molar refractivity (Wildman–Crippen MR) is 113 cm³/mol. The van der Waals surface area contributed by atoms with Crippen LogP contribution in [0.3, 0.4) is 0 Å². The molecule has 9 nitrogen and oxygen atoms in total. The summed E-state index contributed by atoms with van der Waals surface area (Å²) in [5.74, 6) is 1.07. The molecule has 0 aliphatic heterocycles. The average molecular weight is 462 g/mol. The summed E-state index contributed by atoms with van der Waals surface area (Å²) in [5, 5.41) is 16.5. The Morgan fingerprint density at radius 1 is 0.719 bits per heavy atom. The smallest absolute Gasteiger partial charge is 0.744 e. The molecule has 0 saturated heterocycles. The van der Waals surface area contributed by atoms with Crippen molar-refractivity contribution in [1.82, 2.24) is 0 Å². The van der Waals surface area contributed by atoms with Crippen molar-refractivity contribution in [3.05, 3.63) is 66.2 Å². The van der Waals surface area contributed by atoms with Gasteiger partial charge < -0.3 is 14.0 Å². The van der Waals surface area contributed by atoms with Crippen LogP contribution in [0.2, 0.25) is 0 Å². The van der Waals surface area contributed by atoms with Crippen LogP contribution in [-0.4, -0.2) is 27.2 Å². The molecular weight excluding hydrogens is 443 g/mol. The van der Waals surface area contributed by atoms with E-state index in [0.29, 0.717) is 17.1 Å². The molecule has 11 heteroatoms. The summed E-state index contributed by atoms with van der Waals surface area (Å²) in [6, 6.07) is 15.9. The van der Waals surface area contributed by atoms with Gasteiger partial charge in [-0.3, -0.25) is 0 Å². The molecule has 0 atom stereocenters. The topological polar surface area (TPSA) is 125 Å². The zero-order chi connectivity index (χ0) is 22.4. The second-order valence-corrected chi connectivity index (χ2v) is 7.74. The fourth-order valence-corrected chi connectivity index (χ4v) is 3.13. The normalized spacial score (nSPS) is 11.5.